The average Bonchev–Trinajstić information content (AvgIpc) is 2.87. The lowest BCUT2D eigenvalue weighted by atomic mass is 10.1. The highest BCUT2D eigenvalue weighted by atomic mass is 35.5. The molecule has 0 spiro atoms. The van der Waals surface area contributed by atoms with Gasteiger partial charge in [-0.15, -0.1) is 0 Å². The van der Waals surface area contributed by atoms with Crippen molar-refractivity contribution in [3.63, 3.8) is 0 Å². The van der Waals surface area contributed by atoms with E-state index in [-0.39, 0.29) is 0 Å². The second-order valence-corrected chi connectivity index (χ2v) is 6.14. The normalized spacial score (nSPS) is 10.7. The molecule has 0 aliphatic carbocycles. The maximum absolute atomic E-state index is 6.35. The topological polar surface area (TPSA) is 75.9 Å². The Bertz CT molecular complexity index is 867. The second kappa shape index (κ2) is 6.49. The van der Waals surface area contributed by atoms with Crippen molar-refractivity contribution in [3.8, 4) is 0 Å². The molecule has 0 atom stereocenters. The Hall–Kier alpha value is -2.60. The smallest absolute Gasteiger partial charge is 0.230 e. The first-order chi connectivity index (χ1) is 11.4. The summed E-state index contributed by atoms with van der Waals surface area (Å²) in [5.41, 5.74) is 3.82. The van der Waals surface area contributed by atoms with E-state index in [9.17, 15) is 0 Å². The van der Waals surface area contributed by atoms with Gasteiger partial charge in [0.15, 0.2) is 5.82 Å². The molecular formula is C17H18ClN5O. The highest BCUT2D eigenvalue weighted by Crippen LogP contribution is 2.30. The van der Waals surface area contributed by atoms with Crippen molar-refractivity contribution in [1.29, 1.82) is 0 Å². The zero-order chi connectivity index (χ0) is 17.3. The van der Waals surface area contributed by atoms with Gasteiger partial charge in [0.25, 0.3) is 0 Å². The van der Waals surface area contributed by atoms with Crippen LogP contribution < -0.4 is 10.6 Å². The van der Waals surface area contributed by atoms with Gasteiger partial charge in [-0.3, -0.25) is 0 Å². The quantitative estimate of drug-likeness (QED) is 0.706. The zero-order valence-electron chi connectivity index (χ0n) is 13.9. The van der Waals surface area contributed by atoms with Crippen LogP contribution in [0.4, 0.5) is 23.3 Å². The van der Waals surface area contributed by atoms with E-state index in [1.807, 2.05) is 39.8 Å². The lowest BCUT2D eigenvalue weighted by molar-refractivity contribution is 0.400. The maximum Gasteiger partial charge on any atom is 0.230 e. The number of benzene rings is 1. The molecule has 6 nitrogen and oxygen atoms in total. The van der Waals surface area contributed by atoms with Crippen LogP contribution in [0.25, 0.3) is 0 Å². The first kappa shape index (κ1) is 16.3. The average molecular weight is 344 g/mol. The second-order valence-electron chi connectivity index (χ2n) is 5.73. The van der Waals surface area contributed by atoms with E-state index < -0.39 is 0 Å². The Balaban J connectivity index is 1.89. The summed E-state index contributed by atoms with van der Waals surface area (Å²) in [6.45, 7) is 7.74. The van der Waals surface area contributed by atoms with Gasteiger partial charge in [-0.05, 0) is 44.9 Å². The van der Waals surface area contributed by atoms with Gasteiger partial charge in [0.05, 0.1) is 10.7 Å². The first-order valence-electron chi connectivity index (χ1n) is 7.50. The summed E-state index contributed by atoms with van der Waals surface area (Å²) in [6, 6.07) is 7.62. The SMILES string of the molecule is Cc1cc(C)c(Nc2cc(C)nc(Nc3cc(C)on3)n2)c(Cl)c1. The molecule has 0 saturated carbocycles. The van der Waals surface area contributed by atoms with Crippen molar-refractivity contribution in [3.05, 3.63) is 51.9 Å². The molecule has 0 radical (unpaired) electrons. The summed E-state index contributed by atoms with van der Waals surface area (Å²) < 4.78 is 5.03. The summed E-state index contributed by atoms with van der Waals surface area (Å²) >= 11 is 6.35. The Kier molecular flexibility index (Phi) is 4.40. The van der Waals surface area contributed by atoms with E-state index in [2.05, 4.69) is 31.8 Å². The number of aromatic nitrogens is 3. The number of hydrogen-bond donors (Lipinski definition) is 2. The number of nitrogens with zero attached hydrogens (tertiary/aromatic N) is 3. The van der Waals surface area contributed by atoms with Gasteiger partial charge in [0.2, 0.25) is 5.95 Å². The maximum atomic E-state index is 6.35. The molecule has 0 amide bonds. The van der Waals surface area contributed by atoms with Crippen molar-refractivity contribution >= 4 is 34.9 Å². The van der Waals surface area contributed by atoms with E-state index in [1.54, 1.807) is 6.07 Å². The molecule has 7 heteroatoms. The molecule has 1 aromatic carbocycles. The van der Waals surface area contributed by atoms with Crippen LogP contribution in [0, 0.1) is 27.7 Å². The molecule has 0 fully saturated rings. The molecule has 0 aliphatic heterocycles. The van der Waals surface area contributed by atoms with Gasteiger partial charge >= 0.3 is 0 Å². The third-order valence-corrected chi connectivity index (χ3v) is 3.70. The van der Waals surface area contributed by atoms with Crippen LogP contribution in [0.5, 0.6) is 0 Å². The summed E-state index contributed by atoms with van der Waals surface area (Å²) in [4.78, 5) is 8.83. The van der Waals surface area contributed by atoms with Crippen LogP contribution in [0.2, 0.25) is 5.02 Å². The fourth-order valence-corrected chi connectivity index (χ4v) is 2.80. The number of rotatable bonds is 4. The van der Waals surface area contributed by atoms with Crippen LogP contribution in [0.3, 0.4) is 0 Å². The van der Waals surface area contributed by atoms with Crippen LogP contribution in [0.15, 0.2) is 28.8 Å². The van der Waals surface area contributed by atoms with Crippen molar-refractivity contribution in [1.82, 2.24) is 15.1 Å². The Morgan fingerprint density at radius 3 is 2.38 bits per heavy atom. The van der Waals surface area contributed by atoms with Crippen LogP contribution in [-0.4, -0.2) is 15.1 Å². The highest BCUT2D eigenvalue weighted by Gasteiger charge is 2.10. The molecule has 2 heterocycles. The predicted molar refractivity (Wildman–Crippen MR) is 95.5 cm³/mol. The van der Waals surface area contributed by atoms with Gasteiger partial charge in [-0.1, -0.05) is 22.8 Å². The number of hydrogen-bond acceptors (Lipinski definition) is 6. The van der Waals surface area contributed by atoms with Crippen LogP contribution in [-0.2, 0) is 0 Å². The van der Waals surface area contributed by atoms with Crippen LogP contribution >= 0.6 is 11.6 Å². The van der Waals surface area contributed by atoms with E-state index >= 15 is 0 Å². The Labute approximate surface area is 145 Å². The molecule has 0 saturated heterocycles. The minimum Gasteiger partial charge on any atom is -0.360 e. The third kappa shape index (κ3) is 3.65. The lowest BCUT2D eigenvalue weighted by Crippen LogP contribution is -2.03. The van der Waals surface area contributed by atoms with Crippen molar-refractivity contribution in [2.75, 3.05) is 10.6 Å². The highest BCUT2D eigenvalue weighted by molar-refractivity contribution is 6.33. The Morgan fingerprint density at radius 2 is 1.71 bits per heavy atom. The standard InChI is InChI=1S/C17H18ClN5O/c1-9-5-10(2)16(13(18)6-9)20-14-7-11(3)19-17(21-14)22-15-8-12(4)24-23-15/h5-8H,1-4H3,(H2,19,20,21,22,23). The molecule has 0 unspecified atom stereocenters. The minimum absolute atomic E-state index is 0.437. The molecule has 3 rings (SSSR count). The van der Waals surface area contributed by atoms with Gasteiger partial charge < -0.3 is 15.2 Å². The number of halogens is 1. The molecule has 3 aromatic rings. The molecule has 2 N–H and O–H groups in total. The number of aryl methyl sites for hydroxylation is 4. The largest absolute Gasteiger partial charge is 0.360 e. The molecule has 124 valence electrons. The third-order valence-electron chi connectivity index (χ3n) is 3.41. The summed E-state index contributed by atoms with van der Waals surface area (Å²) in [5, 5.41) is 10.8. The van der Waals surface area contributed by atoms with Gasteiger partial charge in [-0.2, -0.15) is 4.98 Å². The van der Waals surface area contributed by atoms with Crippen molar-refractivity contribution in [2.45, 2.75) is 27.7 Å². The summed E-state index contributed by atoms with van der Waals surface area (Å²) in [6.07, 6.45) is 0. The van der Waals surface area contributed by atoms with E-state index in [0.29, 0.717) is 28.4 Å². The number of anilines is 4. The Morgan fingerprint density at radius 1 is 0.917 bits per heavy atom. The van der Waals surface area contributed by atoms with E-state index in [1.165, 1.54) is 0 Å². The van der Waals surface area contributed by atoms with Gasteiger partial charge in [0, 0.05) is 17.8 Å². The fraction of sp³-hybridized carbons (Fsp3) is 0.235. The molecule has 2 aromatic heterocycles. The molecule has 0 bridgehead atoms. The van der Waals surface area contributed by atoms with Crippen molar-refractivity contribution in [2.24, 2.45) is 0 Å². The summed E-state index contributed by atoms with van der Waals surface area (Å²) in [5.74, 6) is 2.37. The predicted octanol–water partition coefficient (Wildman–Crippen LogP) is 4.84. The van der Waals surface area contributed by atoms with Gasteiger partial charge in [-0.25, -0.2) is 4.98 Å². The zero-order valence-corrected chi connectivity index (χ0v) is 14.7. The monoisotopic (exact) mass is 343 g/mol. The van der Waals surface area contributed by atoms with Gasteiger partial charge in [0.1, 0.15) is 11.6 Å². The molecule has 0 aliphatic rings. The number of nitrogens with one attached hydrogen (secondary N) is 2. The van der Waals surface area contributed by atoms with E-state index in [0.717, 1.165) is 22.5 Å². The minimum atomic E-state index is 0.437. The van der Waals surface area contributed by atoms with Crippen molar-refractivity contribution < 1.29 is 4.52 Å². The first-order valence-corrected chi connectivity index (χ1v) is 7.88. The van der Waals surface area contributed by atoms with Crippen LogP contribution in [0.1, 0.15) is 22.6 Å². The van der Waals surface area contributed by atoms with E-state index in [4.69, 9.17) is 16.1 Å². The molecular weight excluding hydrogens is 326 g/mol. The summed E-state index contributed by atoms with van der Waals surface area (Å²) in [7, 11) is 0. The fourth-order valence-electron chi connectivity index (χ4n) is 2.43. The molecule has 24 heavy (non-hydrogen) atoms. The lowest BCUT2D eigenvalue weighted by Gasteiger charge is -2.13.